The van der Waals surface area contributed by atoms with Crippen LogP contribution in [-0.4, -0.2) is 22.3 Å². The SMILES string of the molecule is CC/C=C\C[C@@H]1[C@@H](CC(=O)O)CC[C@@H]1O. The van der Waals surface area contributed by atoms with Gasteiger partial charge in [-0.05, 0) is 37.5 Å². The first-order chi connectivity index (χ1) is 7.15. The van der Waals surface area contributed by atoms with Gasteiger partial charge in [0.05, 0.1) is 6.10 Å². The van der Waals surface area contributed by atoms with Gasteiger partial charge in [0.1, 0.15) is 0 Å². The third kappa shape index (κ3) is 3.67. The molecule has 86 valence electrons. The number of allylic oxidation sites excluding steroid dienone is 2. The number of hydrogen-bond acceptors (Lipinski definition) is 2. The number of aliphatic hydroxyl groups excluding tert-OH is 1. The van der Waals surface area contributed by atoms with E-state index in [9.17, 15) is 9.90 Å². The summed E-state index contributed by atoms with van der Waals surface area (Å²) in [5, 5.41) is 18.5. The second-order valence-electron chi connectivity index (χ2n) is 4.28. The Balaban J connectivity index is 2.48. The van der Waals surface area contributed by atoms with Crippen LogP contribution in [0.5, 0.6) is 0 Å². The smallest absolute Gasteiger partial charge is 0.303 e. The number of hydrogen-bond donors (Lipinski definition) is 2. The molecule has 0 heterocycles. The van der Waals surface area contributed by atoms with Crippen LogP contribution in [-0.2, 0) is 4.79 Å². The Morgan fingerprint density at radius 2 is 2.13 bits per heavy atom. The average Bonchev–Trinajstić information content (AvgIpc) is 2.49. The van der Waals surface area contributed by atoms with Crippen LogP contribution in [0.15, 0.2) is 12.2 Å². The highest BCUT2D eigenvalue weighted by atomic mass is 16.4. The molecule has 1 fully saturated rings. The van der Waals surface area contributed by atoms with Crippen LogP contribution < -0.4 is 0 Å². The van der Waals surface area contributed by atoms with Gasteiger partial charge < -0.3 is 10.2 Å². The summed E-state index contributed by atoms with van der Waals surface area (Å²) in [5.74, 6) is -0.457. The molecular formula is C12H20O3. The summed E-state index contributed by atoms with van der Waals surface area (Å²) in [4.78, 5) is 10.6. The summed E-state index contributed by atoms with van der Waals surface area (Å²) in [5.41, 5.74) is 0. The van der Waals surface area contributed by atoms with Crippen LogP contribution >= 0.6 is 0 Å². The standard InChI is InChI=1S/C12H20O3/c1-2-3-4-5-10-9(8-12(14)15)6-7-11(10)13/h3-4,9-11,13H,2,5-8H2,1H3,(H,14,15)/b4-3-/t9-,10-,11+/m1/s1. The lowest BCUT2D eigenvalue weighted by atomic mass is 9.89. The molecule has 3 atom stereocenters. The molecule has 2 N–H and O–H groups in total. The van der Waals surface area contributed by atoms with E-state index >= 15 is 0 Å². The lowest BCUT2D eigenvalue weighted by Gasteiger charge is -2.18. The molecule has 0 unspecified atom stereocenters. The lowest BCUT2D eigenvalue weighted by Crippen LogP contribution is -2.20. The average molecular weight is 212 g/mol. The summed E-state index contributed by atoms with van der Waals surface area (Å²) in [6.45, 7) is 2.07. The van der Waals surface area contributed by atoms with Crippen LogP contribution in [0.2, 0.25) is 0 Å². The molecule has 1 aliphatic rings. The van der Waals surface area contributed by atoms with Gasteiger partial charge in [0, 0.05) is 6.42 Å². The molecular weight excluding hydrogens is 192 g/mol. The van der Waals surface area contributed by atoms with Gasteiger partial charge in [-0.25, -0.2) is 0 Å². The summed E-state index contributed by atoms with van der Waals surface area (Å²) in [6.07, 6.45) is 7.43. The molecule has 15 heavy (non-hydrogen) atoms. The Hall–Kier alpha value is -0.830. The van der Waals surface area contributed by atoms with Gasteiger partial charge >= 0.3 is 5.97 Å². The Kier molecular flexibility index (Phi) is 4.82. The predicted octanol–water partition coefficient (Wildman–Crippen LogP) is 2.20. The van der Waals surface area contributed by atoms with E-state index in [1.54, 1.807) is 0 Å². The van der Waals surface area contributed by atoms with Crippen molar-refractivity contribution in [2.75, 3.05) is 0 Å². The molecule has 1 rings (SSSR count). The quantitative estimate of drug-likeness (QED) is 0.687. The van der Waals surface area contributed by atoms with Crippen molar-refractivity contribution in [2.24, 2.45) is 11.8 Å². The van der Waals surface area contributed by atoms with E-state index in [2.05, 4.69) is 19.1 Å². The zero-order valence-electron chi connectivity index (χ0n) is 9.22. The maximum atomic E-state index is 10.6. The number of carboxylic acids is 1. The highest BCUT2D eigenvalue weighted by molar-refractivity contribution is 5.67. The molecule has 0 radical (unpaired) electrons. The molecule has 0 amide bonds. The number of carbonyl (C=O) groups is 1. The van der Waals surface area contributed by atoms with Crippen molar-refractivity contribution in [3.8, 4) is 0 Å². The molecule has 1 aliphatic carbocycles. The van der Waals surface area contributed by atoms with Gasteiger partial charge in [0.15, 0.2) is 0 Å². The van der Waals surface area contributed by atoms with E-state index in [1.165, 1.54) is 0 Å². The zero-order chi connectivity index (χ0) is 11.3. The van der Waals surface area contributed by atoms with Crippen LogP contribution in [0.4, 0.5) is 0 Å². The molecule has 3 nitrogen and oxygen atoms in total. The van der Waals surface area contributed by atoms with Crippen molar-refractivity contribution in [2.45, 2.75) is 45.1 Å². The Morgan fingerprint density at radius 1 is 1.40 bits per heavy atom. The van der Waals surface area contributed by atoms with Crippen molar-refractivity contribution < 1.29 is 15.0 Å². The lowest BCUT2D eigenvalue weighted by molar-refractivity contribution is -0.138. The van der Waals surface area contributed by atoms with Crippen molar-refractivity contribution >= 4 is 5.97 Å². The van der Waals surface area contributed by atoms with E-state index in [-0.39, 0.29) is 24.4 Å². The maximum absolute atomic E-state index is 10.6. The van der Waals surface area contributed by atoms with Gasteiger partial charge in [-0.15, -0.1) is 0 Å². The number of carboxylic acid groups (broad SMARTS) is 1. The number of aliphatic carboxylic acids is 1. The monoisotopic (exact) mass is 212 g/mol. The molecule has 0 aromatic carbocycles. The highest BCUT2D eigenvalue weighted by Gasteiger charge is 2.34. The van der Waals surface area contributed by atoms with E-state index in [0.717, 1.165) is 25.7 Å². The topological polar surface area (TPSA) is 57.5 Å². The van der Waals surface area contributed by atoms with Crippen LogP contribution in [0, 0.1) is 11.8 Å². The minimum absolute atomic E-state index is 0.142. The third-order valence-corrected chi connectivity index (χ3v) is 3.18. The van der Waals surface area contributed by atoms with Crippen molar-refractivity contribution in [3.63, 3.8) is 0 Å². The molecule has 3 heteroatoms. The van der Waals surface area contributed by atoms with Crippen LogP contribution in [0.25, 0.3) is 0 Å². The second kappa shape index (κ2) is 5.91. The zero-order valence-corrected chi connectivity index (χ0v) is 9.22. The fraction of sp³-hybridized carbons (Fsp3) is 0.750. The normalized spacial score (nSPS) is 31.2. The predicted molar refractivity (Wildman–Crippen MR) is 58.5 cm³/mol. The maximum Gasteiger partial charge on any atom is 0.303 e. The largest absolute Gasteiger partial charge is 0.481 e. The fourth-order valence-electron chi connectivity index (χ4n) is 2.37. The van der Waals surface area contributed by atoms with Crippen molar-refractivity contribution in [1.82, 2.24) is 0 Å². The first-order valence-electron chi connectivity index (χ1n) is 5.70. The number of aliphatic hydroxyl groups is 1. The molecule has 0 aromatic rings. The molecule has 1 saturated carbocycles. The second-order valence-corrected chi connectivity index (χ2v) is 4.28. The van der Waals surface area contributed by atoms with Gasteiger partial charge in [-0.3, -0.25) is 4.79 Å². The van der Waals surface area contributed by atoms with Gasteiger partial charge in [-0.2, -0.15) is 0 Å². The fourth-order valence-corrected chi connectivity index (χ4v) is 2.37. The van der Waals surface area contributed by atoms with Gasteiger partial charge in [0.2, 0.25) is 0 Å². The Morgan fingerprint density at radius 3 is 2.73 bits per heavy atom. The van der Waals surface area contributed by atoms with Crippen molar-refractivity contribution in [3.05, 3.63) is 12.2 Å². The summed E-state index contributed by atoms with van der Waals surface area (Å²) in [7, 11) is 0. The molecule has 0 bridgehead atoms. The highest BCUT2D eigenvalue weighted by Crippen LogP contribution is 2.36. The summed E-state index contributed by atoms with van der Waals surface area (Å²) < 4.78 is 0. The molecule has 0 aliphatic heterocycles. The Bertz CT molecular complexity index is 235. The van der Waals surface area contributed by atoms with E-state index < -0.39 is 5.97 Å². The third-order valence-electron chi connectivity index (χ3n) is 3.18. The Labute approximate surface area is 90.8 Å². The van der Waals surface area contributed by atoms with Crippen LogP contribution in [0.3, 0.4) is 0 Å². The molecule has 0 saturated heterocycles. The van der Waals surface area contributed by atoms with E-state index in [1.807, 2.05) is 0 Å². The minimum Gasteiger partial charge on any atom is -0.481 e. The minimum atomic E-state index is -0.751. The van der Waals surface area contributed by atoms with E-state index in [4.69, 9.17) is 5.11 Å². The number of rotatable bonds is 5. The van der Waals surface area contributed by atoms with E-state index in [0.29, 0.717) is 0 Å². The van der Waals surface area contributed by atoms with Crippen molar-refractivity contribution in [1.29, 1.82) is 0 Å². The first-order valence-corrected chi connectivity index (χ1v) is 5.70. The van der Waals surface area contributed by atoms with Crippen LogP contribution in [0.1, 0.15) is 39.0 Å². The summed E-state index contributed by atoms with van der Waals surface area (Å²) >= 11 is 0. The van der Waals surface area contributed by atoms with Gasteiger partial charge in [0.25, 0.3) is 0 Å². The van der Waals surface area contributed by atoms with Gasteiger partial charge in [-0.1, -0.05) is 19.1 Å². The summed E-state index contributed by atoms with van der Waals surface area (Å²) in [6, 6.07) is 0. The first kappa shape index (κ1) is 12.2. The molecule has 0 spiro atoms. The molecule has 0 aromatic heterocycles.